The Morgan fingerprint density at radius 3 is 0.987 bits per heavy atom. The first-order chi connectivity index (χ1) is 37.8. The molecule has 4 atom stereocenters. The summed E-state index contributed by atoms with van der Waals surface area (Å²) in [4.78, 5) is 11.5. The zero-order valence-corrected chi connectivity index (χ0v) is 48.2. The number of fused-ring (bicyclic) bond motifs is 8. The highest BCUT2D eigenvalue weighted by Gasteiger charge is 2.25. The van der Waals surface area contributed by atoms with Crippen LogP contribution in [0.1, 0.15) is 180 Å². The van der Waals surface area contributed by atoms with Crippen LogP contribution in [0.2, 0.25) is 0 Å². The third-order valence-electron chi connectivity index (χ3n) is 15.6. The lowest BCUT2D eigenvalue weighted by molar-refractivity contribution is 0.199. The summed E-state index contributed by atoms with van der Waals surface area (Å²) >= 11 is 1.15. The van der Waals surface area contributed by atoms with Gasteiger partial charge in [-0.1, -0.05) is 193 Å². The number of benzene rings is 6. The minimum absolute atomic E-state index is 0.412. The molecule has 0 aliphatic heterocycles. The minimum Gasteiger partial charge on any atom is -0.489 e. The molecule has 0 spiro atoms. The van der Waals surface area contributed by atoms with Gasteiger partial charge in [0.05, 0.1) is 60.3 Å². The number of ether oxygens (including phenoxy) is 4. The molecule has 0 saturated carbocycles. The van der Waals surface area contributed by atoms with Crippen molar-refractivity contribution in [3.8, 4) is 46.7 Å². The highest BCUT2D eigenvalue weighted by molar-refractivity contribution is 7.00. The van der Waals surface area contributed by atoms with Crippen molar-refractivity contribution in [2.75, 3.05) is 26.4 Å². The molecule has 0 amide bonds. The first-order valence-electron chi connectivity index (χ1n) is 29.4. The molecule has 0 N–H and O–H groups in total. The Balaban J connectivity index is 1.47. The molecule has 2 heterocycles. The lowest BCUT2D eigenvalue weighted by atomic mass is 9.96. The van der Waals surface area contributed by atoms with Gasteiger partial charge in [-0.3, -0.25) is 0 Å². The fourth-order valence-electron chi connectivity index (χ4n) is 10.3. The standard InChI is InChI=1S/C68H82N4O4S/c1-9-17-27-47(13-5)43-73-59-39-55-56-40-60(74-44-48(14-6)28-18-10-2)62(76-46-50(16-8)30-20-12-4)42-58(56)66-65(57(55)41-61(59)75-45-49(15-7)29-19-11-3)69-63-53(37-35-51-31-23-21-24-32-51)67-68(72-77-71-67)54(64(63)70-66)38-36-52-33-25-22-26-34-52/h21-26,31-34,39-42,47-50H,9-20,27-30,43-46H2,1-8H3. The molecule has 77 heavy (non-hydrogen) atoms. The topological polar surface area (TPSA) is 88.5 Å². The number of aromatic nitrogens is 4. The van der Waals surface area contributed by atoms with Crippen molar-refractivity contribution in [1.29, 1.82) is 0 Å². The first kappa shape index (κ1) is 56.8. The van der Waals surface area contributed by atoms with Gasteiger partial charge >= 0.3 is 0 Å². The minimum atomic E-state index is 0.412. The van der Waals surface area contributed by atoms with Gasteiger partial charge in [-0.2, -0.15) is 8.75 Å². The molecule has 8 aromatic rings. The number of hydrogen-bond acceptors (Lipinski definition) is 9. The maximum absolute atomic E-state index is 7.02. The van der Waals surface area contributed by atoms with Crippen molar-refractivity contribution >= 4 is 66.4 Å². The monoisotopic (exact) mass is 1050 g/mol. The van der Waals surface area contributed by atoms with Crippen LogP contribution in [0.3, 0.4) is 0 Å². The largest absolute Gasteiger partial charge is 0.489 e. The van der Waals surface area contributed by atoms with E-state index in [0.29, 0.717) is 94.8 Å². The summed E-state index contributed by atoms with van der Waals surface area (Å²) in [5, 5.41) is 3.76. The quantitative estimate of drug-likeness (QED) is 0.0272. The van der Waals surface area contributed by atoms with Crippen LogP contribution >= 0.6 is 11.7 Å². The summed E-state index contributed by atoms with van der Waals surface area (Å²) in [7, 11) is 0. The average Bonchev–Trinajstić information content (AvgIpc) is 3.96. The van der Waals surface area contributed by atoms with Crippen molar-refractivity contribution in [3.63, 3.8) is 0 Å². The normalized spacial score (nSPS) is 13.0. The van der Waals surface area contributed by atoms with Crippen molar-refractivity contribution in [2.45, 2.75) is 158 Å². The van der Waals surface area contributed by atoms with Gasteiger partial charge in [0.1, 0.15) is 22.1 Å². The maximum atomic E-state index is 7.02. The Labute approximate surface area is 463 Å². The lowest BCUT2D eigenvalue weighted by Crippen LogP contribution is -2.14. The summed E-state index contributed by atoms with van der Waals surface area (Å²) in [6.45, 7) is 20.5. The van der Waals surface area contributed by atoms with E-state index in [1.807, 2.05) is 60.7 Å². The smallest absolute Gasteiger partial charge is 0.161 e. The van der Waals surface area contributed by atoms with Crippen LogP contribution < -0.4 is 18.9 Å². The van der Waals surface area contributed by atoms with Crippen LogP contribution in [0.15, 0.2) is 84.9 Å². The SMILES string of the molecule is CCCCC(CC)COc1cc2c3cc(OCC(CC)CCCC)c(OCC(CC)CCCC)cc3c3nc4c(C#Cc5ccccc5)c5nsnc5c(C#Cc5ccccc5)c4nc3c2cc1OCC(CC)CCCC. The highest BCUT2D eigenvalue weighted by atomic mass is 32.1. The molecule has 0 aliphatic rings. The molecule has 8 rings (SSSR count). The Kier molecular flexibility index (Phi) is 21.2. The van der Waals surface area contributed by atoms with Crippen LogP contribution in [-0.4, -0.2) is 45.1 Å². The van der Waals surface area contributed by atoms with E-state index in [9.17, 15) is 0 Å². The molecule has 0 fully saturated rings. The molecule has 9 heteroatoms. The molecule has 0 saturated heterocycles. The van der Waals surface area contributed by atoms with Gasteiger partial charge in [-0.05, 0) is 109 Å². The number of hydrogen-bond donors (Lipinski definition) is 0. The molecule has 404 valence electrons. The Hall–Kier alpha value is -6.42. The molecule has 8 nitrogen and oxygen atoms in total. The Morgan fingerprint density at radius 1 is 0.377 bits per heavy atom. The van der Waals surface area contributed by atoms with E-state index in [2.05, 4.69) is 103 Å². The highest BCUT2D eigenvalue weighted by Crippen LogP contribution is 2.46. The van der Waals surface area contributed by atoms with Gasteiger partial charge in [0.2, 0.25) is 0 Å². The van der Waals surface area contributed by atoms with E-state index in [1.165, 1.54) is 25.7 Å². The molecular weight excluding hydrogens is 969 g/mol. The van der Waals surface area contributed by atoms with E-state index < -0.39 is 0 Å². The van der Waals surface area contributed by atoms with Crippen LogP contribution in [-0.2, 0) is 0 Å². The van der Waals surface area contributed by atoms with Crippen molar-refractivity contribution in [3.05, 3.63) is 107 Å². The van der Waals surface area contributed by atoms with Crippen molar-refractivity contribution in [1.82, 2.24) is 18.7 Å². The predicted octanol–water partition coefficient (Wildman–Crippen LogP) is 18.3. The van der Waals surface area contributed by atoms with Gasteiger partial charge < -0.3 is 18.9 Å². The predicted molar refractivity (Wildman–Crippen MR) is 323 cm³/mol. The molecule has 2 aromatic heterocycles. The third kappa shape index (κ3) is 14.2. The fourth-order valence-corrected chi connectivity index (χ4v) is 10.8. The Morgan fingerprint density at radius 2 is 0.688 bits per heavy atom. The van der Waals surface area contributed by atoms with Crippen LogP contribution in [0, 0.1) is 47.4 Å². The van der Waals surface area contributed by atoms with Crippen LogP contribution in [0.4, 0.5) is 0 Å². The first-order valence-corrected chi connectivity index (χ1v) is 30.1. The molecule has 6 aromatic carbocycles. The number of nitrogens with zero attached hydrogens (tertiary/aromatic N) is 4. The van der Waals surface area contributed by atoms with Gasteiger partial charge in [-0.25, -0.2) is 9.97 Å². The van der Waals surface area contributed by atoms with E-state index in [-0.39, 0.29) is 0 Å². The van der Waals surface area contributed by atoms with E-state index in [0.717, 1.165) is 144 Å². The van der Waals surface area contributed by atoms with E-state index in [1.54, 1.807) is 0 Å². The number of rotatable bonds is 28. The number of unbranched alkanes of at least 4 members (excludes halogenated alkanes) is 4. The van der Waals surface area contributed by atoms with Gasteiger partial charge in [-0.15, -0.1) is 0 Å². The Bertz CT molecular complexity index is 3100. The molecule has 0 bridgehead atoms. The van der Waals surface area contributed by atoms with Crippen LogP contribution in [0.25, 0.3) is 54.6 Å². The summed E-state index contributed by atoms with van der Waals surface area (Å²) in [5.41, 5.74) is 7.07. The second kappa shape index (κ2) is 28.8. The summed E-state index contributed by atoms with van der Waals surface area (Å²) in [5.74, 6) is 18.5. The zero-order chi connectivity index (χ0) is 53.9. The third-order valence-corrected chi connectivity index (χ3v) is 16.1. The van der Waals surface area contributed by atoms with Crippen molar-refractivity contribution in [2.24, 2.45) is 23.7 Å². The second-order valence-corrected chi connectivity index (χ2v) is 21.7. The molecule has 4 unspecified atom stereocenters. The zero-order valence-electron chi connectivity index (χ0n) is 47.4. The van der Waals surface area contributed by atoms with E-state index >= 15 is 0 Å². The van der Waals surface area contributed by atoms with Gasteiger partial charge in [0.25, 0.3) is 0 Å². The summed E-state index contributed by atoms with van der Waals surface area (Å²) < 4.78 is 37.9. The second-order valence-electron chi connectivity index (χ2n) is 21.2. The van der Waals surface area contributed by atoms with Crippen LogP contribution in [0.5, 0.6) is 23.0 Å². The van der Waals surface area contributed by atoms with Gasteiger partial charge in [0.15, 0.2) is 23.0 Å². The lowest BCUT2D eigenvalue weighted by Gasteiger charge is -2.23. The molecule has 0 aliphatic carbocycles. The summed E-state index contributed by atoms with van der Waals surface area (Å²) in [6.07, 6.45) is 17.9. The van der Waals surface area contributed by atoms with Gasteiger partial charge in [0, 0.05) is 21.9 Å². The fraction of sp³-hybridized carbons (Fsp3) is 0.471. The maximum Gasteiger partial charge on any atom is 0.161 e. The molecule has 0 radical (unpaired) electrons. The summed E-state index contributed by atoms with van der Waals surface area (Å²) in [6, 6.07) is 28.8. The van der Waals surface area contributed by atoms with Crippen molar-refractivity contribution < 1.29 is 18.9 Å². The average molecular weight is 1050 g/mol. The molecular formula is C68H82N4O4S. The van der Waals surface area contributed by atoms with E-state index in [4.69, 9.17) is 37.7 Å².